The third-order valence-corrected chi connectivity index (χ3v) is 3.28. The summed E-state index contributed by atoms with van der Waals surface area (Å²) in [4.78, 5) is 11.4. The molecule has 2 aromatic rings. The van der Waals surface area contributed by atoms with Gasteiger partial charge in [0.25, 0.3) is 0 Å². The molecule has 0 amide bonds. The van der Waals surface area contributed by atoms with Gasteiger partial charge in [-0.3, -0.25) is 4.79 Å². The van der Waals surface area contributed by atoms with Crippen LogP contribution in [-0.2, 0) is 22.5 Å². The van der Waals surface area contributed by atoms with Crippen LogP contribution in [0.15, 0.2) is 48.5 Å². The first-order valence-electron chi connectivity index (χ1n) is 7.33. The van der Waals surface area contributed by atoms with Crippen molar-refractivity contribution in [2.75, 3.05) is 19.0 Å². The molecule has 0 aliphatic heterocycles. The van der Waals surface area contributed by atoms with Crippen LogP contribution in [0.1, 0.15) is 18.1 Å². The first-order valence-corrected chi connectivity index (χ1v) is 7.33. The van der Waals surface area contributed by atoms with Crippen LogP contribution in [0, 0.1) is 0 Å². The maximum Gasteiger partial charge on any atom is 0.310 e. The number of benzene rings is 2. The van der Waals surface area contributed by atoms with E-state index in [1.54, 1.807) is 7.11 Å². The van der Waals surface area contributed by atoms with Crippen molar-refractivity contribution in [1.29, 1.82) is 0 Å². The molecule has 0 saturated heterocycles. The van der Waals surface area contributed by atoms with Gasteiger partial charge in [-0.1, -0.05) is 30.3 Å². The molecule has 0 fully saturated rings. The number of carbonyl (C=O) groups is 1. The predicted molar refractivity (Wildman–Crippen MR) is 87.1 cm³/mol. The van der Waals surface area contributed by atoms with Crippen LogP contribution in [0.25, 0.3) is 0 Å². The minimum absolute atomic E-state index is 0.197. The van der Waals surface area contributed by atoms with Crippen LogP contribution in [0.5, 0.6) is 5.75 Å². The summed E-state index contributed by atoms with van der Waals surface area (Å²) in [6.07, 6.45) is 0.306. The van der Waals surface area contributed by atoms with Gasteiger partial charge in [0, 0.05) is 17.8 Å². The van der Waals surface area contributed by atoms with E-state index in [1.165, 1.54) is 0 Å². The van der Waals surface area contributed by atoms with E-state index in [9.17, 15) is 4.79 Å². The lowest BCUT2D eigenvalue weighted by molar-refractivity contribution is -0.142. The van der Waals surface area contributed by atoms with E-state index in [0.717, 1.165) is 22.6 Å². The van der Waals surface area contributed by atoms with E-state index in [4.69, 9.17) is 9.47 Å². The first kappa shape index (κ1) is 15.9. The summed E-state index contributed by atoms with van der Waals surface area (Å²) in [5, 5.41) is 3.35. The third-order valence-electron chi connectivity index (χ3n) is 3.28. The van der Waals surface area contributed by atoms with Crippen molar-refractivity contribution in [3.05, 3.63) is 59.7 Å². The fourth-order valence-electron chi connectivity index (χ4n) is 2.17. The van der Waals surface area contributed by atoms with E-state index < -0.39 is 0 Å². The summed E-state index contributed by atoms with van der Waals surface area (Å²) in [7, 11) is 1.67. The van der Waals surface area contributed by atoms with Gasteiger partial charge < -0.3 is 14.8 Å². The van der Waals surface area contributed by atoms with Gasteiger partial charge in [-0.05, 0) is 30.7 Å². The number of rotatable bonds is 7. The average molecular weight is 299 g/mol. The Labute approximate surface area is 131 Å². The van der Waals surface area contributed by atoms with Gasteiger partial charge in [0.2, 0.25) is 0 Å². The lowest BCUT2D eigenvalue weighted by Crippen LogP contribution is -2.07. The Kier molecular flexibility index (Phi) is 5.83. The van der Waals surface area contributed by atoms with E-state index in [1.807, 2.05) is 55.5 Å². The molecule has 0 spiro atoms. The molecule has 0 radical (unpaired) electrons. The number of para-hydroxylation sites is 1. The maximum atomic E-state index is 11.4. The van der Waals surface area contributed by atoms with Crippen LogP contribution in [-0.4, -0.2) is 19.7 Å². The van der Waals surface area contributed by atoms with Crippen molar-refractivity contribution in [3.8, 4) is 5.75 Å². The molecular formula is C18H21NO3. The number of methoxy groups -OCH3 is 1. The summed E-state index contributed by atoms with van der Waals surface area (Å²) in [6.45, 7) is 2.90. The Hall–Kier alpha value is -2.49. The van der Waals surface area contributed by atoms with Crippen molar-refractivity contribution in [1.82, 2.24) is 0 Å². The predicted octanol–water partition coefficient (Wildman–Crippen LogP) is 3.41. The molecule has 0 saturated carbocycles. The third kappa shape index (κ3) is 4.52. The Morgan fingerprint density at radius 3 is 2.50 bits per heavy atom. The van der Waals surface area contributed by atoms with Crippen molar-refractivity contribution < 1.29 is 14.3 Å². The van der Waals surface area contributed by atoms with E-state index >= 15 is 0 Å². The van der Waals surface area contributed by atoms with E-state index in [-0.39, 0.29) is 5.97 Å². The fraction of sp³-hybridized carbons (Fsp3) is 0.278. The van der Waals surface area contributed by atoms with Crippen LogP contribution < -0.4 is 10.1 Å². The van der Waals surface area contributed by atoms with Crippen LogP contribution in [0.4, 0.5) is 5.69 Å². The Morgan fingerprint density at radius 1 is 1.09 bits per heavy atom. The zero-order valence-corrected chi connectivity index (χ0v) is 13.0. The molecule has 4 nitrogen and oxygen atoms in total. The molecule has 0 bridgehead atoms. The zero-order valence-electron chi connectivity index (χ0n) is 13.0. The van der Waals surface area contributed by atoms with Crippen molar-refractivity contribution >= 4 is 11.7 Å². The molecule has 0 unspecified atom stereocenters. The second kappa shape index (κ2) is 8.08. The Morgan fingerprint density at radius 2 is 1.82 bits per heavy atom. The van der Waals surface area contributed by atoms with E-state index in [2.05, 4.69) is 5.32 Å². The van der Waals surface area contributed by atoms with Gasteiger partial charge in [-0.25, -0.2) is 0 Å². The standard InChI is InChI=1S/C18H21NO3/c1-3-22-18(20)12-14-8-10-16(11-9-14)19-13-15-6-4-5-7-17(15)21-2/h4-11,19H,3,12-13H2,1-2H3. The second-order valence-corrected chi connectivity index (χ2v) is 4.84. The molecule has 0 aliphatic carbocycles. The number of nitrogens with one attached hydrogen (secondary N) is 1. The largest absolute Gasteiger partial charge is 0.496 e. The van der Waals surface area contributed by atoms with Crippen LogP contribution >= 0.6 is 0 Å². The number of ether oxygens (including phenoxy) is 2. The van der Waals surface area contributed by atoms with Gasteiger partial charge in [0.1, 0.15) is 5.75 Å². The summed E-state index contributed by atoms with van der Waals surface area (Å²) < 4.78 is 10.3. The molecule has 0 heterocycles. The average Bonchev–Trinajstić information content (AvgIpc) is 2.54. The Bertz CT molecular complexity index is 608. The summed E-state index contributed by atoms with van der Waals surface area (Å²) in [5.74, 6) is 0.672. The van der Waals surface area contributed by atoms with Gasteiger partial charge in [0.15, 0.2) is 0 Å². The molecule has 116 valence electrons. The lowest BCUT2D eigenvalue weighted by Gasteiger charge is -2.11. The molecule has 1 N–H and O–H groups in total. The topological polar surface area (TPSA) is 47.6 Å². The van der Waals surface area contributed by atoms with Crippen molar-refractivity contribution in [2.45, 2.75) is 19.9 Å². The molecule has 0 atom stereocenters. The van der Waals surface area contributed by atoms with Crippen LogP contribution in [0.3, 0.4) is 0 Å². The zero-order chi connectivity index (χ0) is 15.8. The monoisotopic (exact) mass is 299 g/mol. The quantitative estimate of drug-likeness (QED) is 0.796. The summed E-state index contributed by atoms with van der Waals surface area (Å²) in [6, 6.07) is 15.7. The van der Waals surface area contributed by atoms with Gasteiger partial charge in [-0.2, -0.15) is 0 Å². The highest BCUT2D eigenvalue weighted by Crippen LogP contribution is 2.19. The molecule has 22 heavy (non-hydrogen) atoms. The number of esters is 1. The van der Waals surface area contributed by atoms with Gasteiger partial charge in [-0.15, -0.1) is 0 Å². The lowest BCUT2D eigenvalue weighted by atomic mass is 10.1. The van der Waals surface area contributed by atoms with Crippen molar-refractivity contribution in [3.63, 3.8) is 0 Å². The van der Waals surface area contributed by atoms with E-state index in [0.29, 0.717) is 19.6 Å². The highest BCUT2D eigenvalue weighted by molar-refractivity contribution is 5.72. The summed E-state index contributed by atoms with van der Waals surface area (Å²) >= 11 is 0. The maximum absolute atomic E-state index is 11.4. The fourth-order valence-corrected chi connectivity index (χ4v) is 2.17. The highest BCUT2D eigenvalue weighted by Gasteiger charge is 2.04. The molecule has 0 aromatic heterocycles. The first-order chi connectivity index (χ1) is 10.7. The SMILES string of the molecule is CCOC(=O)Cc1ccc(NCc2ccccc2OC)cc1. The Balaban J connectivity index is 1.92. The highest BCUT2D eigenvalue weighted by atomic mass is 16.5. The minimum Gasteiger partial charge on any atom is -0.496 e. The minimum atomic E-state index is -0.197. The normalized spacial score (nSPS) is 10.1. The number of anilines is 1. The molecule has 4 heteroatoms. The molecule has 2 rings (SSSR count). The van der Waals surface area contributed by atoms with Gasteiger partial charge >= 0.3 is 5.97 Å². The smallest absolute Gasteiger partial charge is 0.310 e. The van der Waals surface area contributed by atoms with Crippen LogP contribution in [0.2, 0.25) is 0 Å². The van der Waals surface area contributed by atoms with Crippen molar-refractivity contribution in [2.24, 2.45) is 0 Å². The molecular weight excluding hydrogens is 278 g/mol. The molecule has 0 aliphatic rings. The number of carbonyl (C=O) groups excluding carboxylic acids is 1. The number of hydrogen-bond acceptors (Lipinski definition) is 4. The summed E-state index contributed by atoms with van der Waals surface area (Å²) in [5.41, 5.74) is 3.04. The second-order valence-electron chi connectivity index (χ2n) is 4.84. The molecule has 2 aromatic carbocycles. The number of hydrogen-bond donors (Lipinski definition) is 1. The van der Waals surface area contributed by atoms with Gasteiger partial charge in [0.05, 0.1) is 20.1 Å².